The van der Waals surface area contributed by atoms with Crippen molar-refractivity contribution in [3.8, 4) is 0 Å². The van der Waals surface area contributed by atoms with E-state index in [1.54, 1.807) is 35.0 Å². The number of hydrogen-bond donors (Lipinski definition) is 1. The van der Waals surface area contributed by atoms with Gasteiger partial charge in [-0.15, -0.1) is 5.10 Å². The number of carbonyl (C=O) groups excluding carboxylic acids is 1. The van der Waals surface area contributed by atoms with Crippen LogP contribution < -0.4 is 5.32 Å². The van der Waals surface area contributed by atoms with Gasteiger partial charge in [0.1, 0.15) is 5.52 Å². The molecule has 142 valence electrons. The lowest BCUT2D eigenvalue weighted by Crippen LogP contribution is -2.22. The molecule has 1 N–H and O–H groups in total. The van der Waals surface area contributed by atoms with Gasteiger partial charge in [0.05, 0.1) is 27.7 Å². The molecule has 0 aliphatic rings. The first-order valence-electron chi connectivity index (χ1n) is 8.09. The molecule has 0 aliphatic carbocycles. The van der Waals surface area contributed by atoms with Crippen LogP contribution in [0.4, 0.5) is 5.69 Å². The number of rotatable bonds is 6. The summed E-state index contributed by atoms with van der Waals surface area (Å²) in [5.74, 6) is -0.210. The monoisotopic (exact) mass is 407 g/mol. The van der Waals surface area contributed by atoms with Crippen molar-refractivity contribution in [3.05, 3.63) is 47.5 Å². The minimum atomic E-state index is -3.54. The molecule has 8 nitrogen and oxygen atoms in total. The second-order valence-corrected chi connectivity index (χ2v) is 8.59. The number of benzene rings is 2. The molecule has 0 atom stereocenters. The van der Waals surface area contributed by atoms with Crippen LogP contribution in [0.1, 0.15) is 6.42 Å². The molecule has 0 saturated heterocycles. The zero-order valence-electron chi connectivity index (χ0n) is 14.8. The number of fused-ring (bicyclic) bond motifs is 1. The van der Waals surface area contributed by atoms with Crippen LogP contribution in [0.5, 0.6) is 0 Å². The summed E-state index contributed by atoms with van der Waals surface area (Å²) in [4.78, 5) is 12.3. The van der Waals surface area contributed by atoms with E-state index in [0.29, 0.717) is 28.3 Å². The third-order valence-corrected chi connectivity index (χ3v) is 6.10. The van der Waals surface area contributed by atoms with Crippen molar-refractivity contribution in [3.63, 3.8) is 0 Å². The summed E-state index contributed by atoms with van der Waals surface area (Å²) in [6.45, 7) is 0.298. The minimum absolute atomic E-state index is 0.142. The second kappa shape index (κ2) is 7.63. The van der Waals surface area contributed by atoms with Crippen LogP contribution in [0, 0.1) is 0 Å². The number of nitrogens with one attached hydrogen (secondary N) is 1. The van der Waals surface area contributed by atoms with Crippen molar-refractivity contribution in [1.82, 2.24) is 19.3 Å². The van der Waals surface area contributed by atoms with Gasteiger partial charge < -0.3 is 5.32 Å². The van der Waals surface area contributed by atoms with Crippen LogP contribution in [0.3, 0.4) is 0 Å². The maximum Gasteiger partial charge on any atom is 0.242 e. The van der Waals surface area contributed by atoms with Gasteiger partial charge >= 0.3 is 0 Å². The Balaban J connectivity index is 1.73. The molecule has 0 radical (unpaired) electrons. The second-order valence-electron chi connectivity index (χ2n) is 6.03. The zero-order valence-corrected chi connectivity index (χ0v) is 16.3. The van der Waals surface area contributed by atoms with Crippen molar-refractivity contribution in [2.24, 2.45) is 0 Å². The summed E-state index contributed by atoms with van der Waals surface area (Å²) in [5.41, 5.74) is 1.65. The number of nitrogens with zero attached hydrogens (tertiary/aromatic N) is 4. The van der Waals surface area contributed by atoms with Gasteiger partial charge in [0.25, 0.3) is 0 Å². The number of amides is 1. The Bertz CT molecular complexity index is 1090. The standard InChI is InChI=1S/C17H18ClN5O3S/c1-22(2)27(25,26)12-7-8-16-15(11-12)20-21-23(16)10-9-17(24)19-14-6-4-3-5-13(14)18/h3-8,11H,9-10H2,1-2H3,(H,19,24). The van der Waals surface area contributed by atoms with Crippen molar-refractivity contribution in [2.75, 3.05) is 19.4 Å². The molecule has 1 heterocycles. The normalized spacial score (nSPS) is 11.9. The van der Waals surface area contributed by atoms with E-state index in [4.69, 9.17) is 11.6 Å². The largest absolute Gasteiger partial charge is 0.325 e. The molecule has 0 aliphatic heterocycles. The highest BCUT2D eigenvalue weighted by Crippen LogP contribution is 2.21. The molecule has 0 bridgehead atoms. The van der Waals surface area contributed by atoms with Crippen LogP contribution >= 0.6 is 11.6 Å². The van der Waals surface area contributed by atoms with E-state index in [1.165, 1.54) is 26.2 Å². The predicted molar refractivity (Wildman–Crippen MR) is 103 cm³/mol. The van der Waals surface area contributed by atoms with Gasteiger partial charge in [-0.1, -0.05) is 28.9 Å². The Morgan fingerprint density at radius 1 is 1.22 bits per heavy atom. The maximum absolute atomic E-state index is 12.2. The van der Waals surface area contributed by atoms with Gasteiger partial charge in [-0.3, -0.25) is 4.79 Å². The topological polar surface area (TPSA) is 97.2 Å². The third kappa shape index (κ3) is 4.10. The Hall–Kier alpha value is -2.49. The molecule has 27 heavy (non-hydrogen) atoms. The summed E-state index contributed by atoms with van der Waals surface area (Å²) < 4.78 is 27.1. The van der Waals surface area contributed by atoms with Gasteiger partial charge in [0, 0.05) is 20.5 Å². The number of aromatic nitrogens is 3. The average molecular weight is 408 g/mol. The molecule has 10 heteroatoms. The van der Waals surface area contributed by atoms with Gasteiger partial charge in [-0.05, 0) is 30.3 Å². The fourth-order valence-corrected chi connectivity index (χ4v) is 3.58. The molecular weight excluding hydrogens is 390 g/mol. The van der Waals surface area contributed by atoms with Crippen LogP contribution in [0.15, 0.2) is 47.4 Å². The van der Waals surface area contributed by atoms with Crippen molar-refractivity contribution in [1.29, 1.82) is 0 Å². The minimum Gasteiger partial charge on any atom is -0.325 e. The summed E-state index contributed by atoms with van der Waals surface area (Å²) in [5, 5.41) is 11.2. The highest BCUT2D eigenvalue weighted by Gasteiger charge is 2.19. The molecule has 0 spiro atoms. The lowest BCUT2D eigenvalue weighted by Gasteiger charge is -2.11. The molecule has 1 aromatic heterocycles. The lowest BCUT2D eigenvalue weighted by atomic mass is 10.3. The van der Waals surface area contributed by atoms with Crippen molar-refractivity contribution >= 4 is 44.3 Å². The number of para-hydroxylation sites is 1. The highest BCUT2D eigenvalue weighted by molar-refractivity contribution is 7.89. The molecule has 0 unspecified atom stereocenters. The molecule has 0 saturated carbocycles. The van der Waals surface area contributed by atoms with E-state index in [-0.39, 0.29) is 17.2 Å². The number of carbonyl (C=O) groups is 1. The van der Waals surface area contributed by atoms with E-state index in [0.717, 1.165) is 4.31 Å². The fraction of sp³-hybridized carbons (Fsp3) is 0.235. The summed E-state index contributed by atoms with van der Waals surface area (Å²) in [6, 6.07) is 11.6. The third-order valence-electron chi connectivity index (χ3n) is 3.96. The fourth-order valence-electron chi connectivity index (χ4n) is 2.47. The van der Waals surface area contributed by atoms with E-state index < -0.39 is 10.0 Å². The van der Waals surface area contributed by atoms with Crippen molar-refractivity contribution in [2.45, 2.75) is 17.9 Å². The number of anilines is 1. The first kappa shape index (κ1) is 19.3. The van der Waals surface area contributed by atoms with Crippen LogP contribution in [0.2, 0.25) is 5.02 Å². The van der Waals surface area contributed by atoms with E-state index >= 15 is 0 Å². The summed E-state index contributed by atoms with van der Waals surface area (Å²) in [6.07, 6.45) is 0.168. The quantitative estimate of drug-likeness (QED) is 0.676. The van der Waals surface area contributed by atoms with E-state index in [2.05, 4.69) is 15.6 Å². The number of hydrogen-bond acceptors (Lipinski definition) is 5. The Kier molecular flexibility index (Phi) is 5.45. The van der Waals surface area contributed by atoms with E-state index in [9.17, 15) is 13.2 Å². The number of aryl methyl sites for hydroxylation is 1. The first-order chi connectivity index (χ1) is 12.8. The van der Waals surface area contributed by atoms with Gasteiger partial charge in [0.15, 0.2) is 0 Å². The van der Waals surface area contributed by atoms with Crippen LogP contribution in [-0.2, 0) is 21.4 Å². The molecule has 0 fully saturated rings. The smallest absolute Gasteiger partial charge is 0.242 e. The highest BCUT2D eigenvalue weighted by atomic mass is 35.5. The Morgan fingerprint density at radius 3 is 2.67 bits per heavy atom. The molecule has 1 amide bonds. The van der Waals surface area contributed by atoms with Crippen LogP contribution in [0.25, 0.3) is 11.0 Å². The average Bonchev–Trinajstić information content (AvgIpc) is 3.04. The van der Waals surface area contributed by atoms with E-state index in [1.807, 2.05) is 0 Å². The number of sulfonamides is 1. The maximum atomic E-state index is 12.2. The molecular formula is C17H18ClN5O3S. The molecule has 3 aromatic rings. The predicted octanol–water partition coefficient (Wildman–Crippen LogP) is 2.36. The van der Waals surface area contributed by atoms with Gasteiger partial charge in [0.2, 0.25) is 15.9 Å². The van der Waals surface area contributed by atoms with Crippen molar-refractivity contribution < 1.29 is 13.2 Å². The summed E-state index contributed by atoms with van der Waals surface area (Å²) in [7, 11) is -0.611. The lowest BCUT2D eigenvalue weighted by molar-refractivity contribution is -0.116. The zero-order chi connectivity index (χ0) is 19.6. The number of halogens is 1. The first-order valence-corrected chi connectivity index (χ1v) is 9.91. The van der Waals surface area contributed by atoms with Crippen LogP contribution in [-0.4, -0.2) is 47.7 Å². The Labute approximate surface area is 161 Å². The molecule has 3 rings (SSSR count). The summed E-state index contributed by atoms with van der Waals surface area (Å²) >= 11 is 6.03. The molecule has 2 aromatic carbocycles. The Morgan fingerprint density at radius 2 is 1.96 bits per heavy atom. The van der Waals surface area contributed by atoms with Gasteiger partial charge in [-0.2, -0.15) is 0 Å². The van der Waals surface area contributed by atoms with Gasteiger partial charge in [-0.25, -0.2) is 17.4 Å². The SMILES string of the molecule is CN(C)S(=O)(=O)c1ccc2c(c1)nnn2CCC(=O)Nc1ccccc1Cl.